The van der Waals surface area contributed by atoms with Crippen molar-refractivity contribution in [3.63, 3.8) is 0 Å². The van der Waals surface area contributed by atoms with Crippen LogP contribution in [0.1, 0.15) is 32.3 Å². The summed E-state index contributed by atoms with van der Waals surface area (Å²) in [5.41, 5.74) is 1.73. The van der Waals surface area contributed by atoms with Crippen LogP contribution in [0.5, 0.6) is 5.75 Å². The van der Waals surface area contributed by atoms with Crippen molar-refractivity contribution < 1.29 is 14.3 Å². The smallest absolute Gasteiger partial charge is 0.231 e. The molecule has 138 valence electrons. The Hall–Kier alpha value is -2.08. The van der Waals surface area contributed by atoms with E-state index in [1.807, 2.05) is 25.1 Å². The van der Waals surface area contributed by atoms with Crippen molar-refractivity contribution in [3.05, 3.63) is 23.8 Å². The van der Waals surface area contributed by atoms with Gasteiger partial charge in [0.1, 0.15) is 12.4 Å². The molecule has 0 saturated heterocycles. The number of benzene rings is 1. The SMILES string of the molecule is CCN(CC)CCCNC(=O)CC1COc2cc(C)ccc2NC1=O. The molecule has 2 rings (SSSR count). The molecule has 0 saturated carbocycles. The molecule has 2 N–H and O–H groups in total. The number of hydrogen-bond donors (Lipinski definition) is 2. The van der Waals surface area contributed by atoms with E-state index in [0.29, 0.717) is 18.0 Å². The molecule has 1 unspecified atom stereocenters. The number of amides is 2. The molecule has 0 fully saturated rings. The lowest BCUT2D eigenvalue weighted by Gasteiger charge is -2.18. The maximum absolute atomic E-state index is 12.3. The van der Waals surface area contributed by atoms with Crippen LogP contribution in [0.3, 0.4) is 0 Å². The molecule has 25 heavy (non-hydrogen) atoms. The van der Waals surface area contributed by atoms with Gasteiger partial charge in [-0.05, 0) is 50.7 Å². The van der Waals surface area contributed by atoms with E-state index < -0.39 is 5.92 Å². The fraction of sp³-hybridized carbons (Fsp3) is 0.579. The summed E-state index contributed by atoms with van der Waals surface area (Å²) in [5.74, 6) is -0.0858. The van der Waals surface area contributed by atoms with Crippen LogP contribution in [0.15, 0.2) is 18.2 Å². The molecule has 6 heteroatoms. The molecule has 0 bridgehead atoms. The van der Waals surface area contributed by atoms with Crippen molar-refractivity contribution in [1.82, 2.24) is 10.2 Å². The van der Waals surface area contributed by atoms with Gasteiger partial charge in [0, 0.05) is 13.0 Å². The zero-order chi connectivity index (χ0) is 18.2. The van der Waals surface area contributed by atoms with Gasteiger partial charge in [0.2, 0.25) is 11.8 Å². The van der Waals surface area contributed by atoms with Crippen molar-refractivity contribution in [1.29, 1.82) is 0 Å². The van der Waals surface area contributed by atoms with Crippen LogP contribution in [0.4, 0.5) is 5.69 Å². The van der Waals surface area contributed by atoms with Crippen molar-refractivity contribution in [3.8, 4) is 5.75 Å². The quantitative estimate of drug-likeness (QED) is 0.707. The van der Waals surface area contributed by atoms with Gasteiger partial charge in [0.15, 0.2) is 0 Å². The van der Waals surface area contributed by atoms with Gasteiger partial charge < -0.3 is 20.3 Å². The first-order chi connectivity index (χ1) is 12.0. The lowest BCUT2D eigenvalue weighted by Crippen LogP contribution is -2.34. The third kappa shape index (κ3) is 5.74. The Balaban J connectivity index is 1.78. The largest absolute Gasteiger partial charge is 0.491 e. The van der Waals surface area contributed by atoms with Crippen LogP contribution in [0.2, 0.25) is 0 Å². The molecule has 1 aliphatic heterocycles. The number of ether oxygens (including phenoxy) is 1. The Morgan fingerprint density at radius 1 is 1.36 bits per heavy atom. The Labute approximate surface area is 149 Å². The van der Waals surface area contributed by atoms with Crippen molar-refractivity contribution >= 4 is 17.5 Å². The van der Waals surface area contributed by atoms with Crippen LogP contribution in [-0.4, -0.2) is 49.5 Å². The summed E-state index contributed by atoms with van der Waals surface area (Å²) in [6.07, 6.45) is 1.05. The first kappa shape index (κ1) is 19.2. The Bertz CT molecular complexity index is 600. The van der Waals surface area contributed by atoms with Gasteiger partial charge in [-0.15, -0.1) is 0 Å². The highest BCUT2D eigenvalue weighted by Gasteiger charge is 2.26. The number of nitrogens with one attached hydrogen (secondary N) is 2. The molecule has 0 aliphatic carbocycles. The maximum atomic E-state index is 12.3. The van der Waals surface area contributed by atoms with Crippen LogP contribution < -0.4 is 15.4 Å². The summed E-state index contributed by atoms with van der Waals surface area (Å²) in [7, 11) is 0. The van der Waals surface area contributed by atoms with Crippen LogP contribution in [0.25, 0.3) is 0 Å². The number of anilines is 1. The molecule has 1 atom stereocenters. The van der Waals surface area contributed by atoms with Crippen LogP contribution in [-0.2, 0) is 9.59 Å². The van der Waals surface area contributed by atoms with Crippen LogP contribution >= 0.6 is 0 Å². The first-order valence-corrected chi connectivity index (χ1v) is 9.06. The van der Waals surface area contributed by atoms with Gasteiger partial charge in [0.25, 0.3) is 0 Å². The van der Waals surface area contributed by atoms with Gasteiger partial charge in [0.05, 0.1) is 11.6 Å². The standard InChI is InChI=1S/C19H29N3O3/c1-4-22(5-2)10-6-9-20-18(23)12-15-13-25-17-11-14(3)7-8-16(17)21-19(15)24/h7-8,11,15H,4-6,9-10,12-13H2,1-3H3,(H,20,23)(H,21,24). The minimum atomic E-state index is -0.476. The van der Waals surface area contributed by atoms with E-state index in [1.54, 1.807) is 0 Å². The van der Waals surface area contributed by atoms with E-state index in [9.17, 15) is 9.59 Å². The Morgan fingerprint density at radius 3 is 2.84 bits per heavy atom. The van der Waals surface area contributed by atoms with E-state index in [4.69, 9.17) is 4.74 Å². The fourth-order valence-electron chi connectivity index (χ4n) is 2.87. The number of aryl methyl sites for hydroxylation is 1. The van der Waals surface area contributed by atoms with Gasteiger partial charge in [-0.25, -0.2) is 0 Å². The van der Waals surface area contributed by atoms with Crippen molar-refractivity contribution in [2.24, 2.45) is 5.92 Å². The van der Waals surface area contributed by atoms with E-state index in [-0.39, 0.29) is 24.8 Å². The number of hydrogen-bond acceptors (Lipinski definition) is 4. The Kier molecular flexibility index (Phi) is 7.25. The predicted octanol–water partition coefficient (Wildman–Crippen LogP) is 2.18. The molecule has 6 nitrogen and oxygen atoms in total. The zero-order valence-electron chi connectivity index (χ0n) is 15.4. The molecule has 0 spiro atoms. The molecule has 0 radical (unpaired) electrons. The van der Waals surface area contributed by atoms with E-state index in [0.717, 1.165) is 31.6 Å². The first-order valence-electron chi connectivity index (χ1n) is 9.06. The summed E-state index contributed by atoms with van der Waals surface area (Å²) in [5, 5.41) is 5.76. The Morgan fingerprint density at radius 2 is 2.12 bits per heavy atom. The molecule has 1 aliphatic rings. The number of nitrogens with zero attached hydrogens (tertiary/aromatic N) is 1. The van der Waals surface area contributed by atoms with Gasteiger partial charge in [-0.3, -0.25) is 9.59 Å². The average Bonchev–Trinajstić information content (AvgIpc) is 2.74. The molecule has 1 aromatic carbocycles. The van der Waals surface area contributed by atoms with Crippen molar-refractivity contribution in [2.45, 2.75) is 33.6 Å². The number of fused-ring (bicyclic) bond motifs is 1. The highest BCUT2D eigenvalue weighted by atomic mass is 16.5. The maximum Gasteiger partial charge on any atom is 0.231 e. The number of rotatable bonds is 8. The lowest BCUT2D eigenvalue weighted by atomic mass is 10.1. The third-order valence-electron chi connectivity index (χ3n) is 4.51. The normalized spacial score (nSPS) is 16.6. The van der Waals surface area contributed by atoms with Gasteiger partial charge in [-0.1, -0.05) is 19.9 Å². The molecule has 1 aromatic rings. The van der Waals surface area contributed by atoms with Gasteiger partial charge >= 0.3 is 0 Å². The minimum Gasteiger partial charge on any atom is -0.491 e. The summed E-state index contributed by atoms with van der Waals surface area (Å²) in [6, 6.07) is 5.65. The summed E-state index contributed by atoms with van der Waals surface area (Å²) >= 11 is 0. The third-order valence-corrected chi connectivity index (χ3v) is 4.51. The predicted molar refractivity (Wildman–Crippen MR) is 98.8 cm³/mol. The highest BCUT2D eigenvalue weighted by Crippen LogP contribution is 2.29. The molecular weight excluding hydrogens is 318 g/mol. The second-order valence-corrected chi connectivity index (χ2v) is 6.43. The number of carbonyl (C=O) groups is 2. The van der Waals surface area contributed by atoms with E-state index >= 15 is 0 Å². The number of carbonyl (C=O) groups excluding carboxylic acids is 2. The second kappa shape index (κ2) is 9.42. The van der Waals surface area contributed by atoms with Gasteiger partial charge in [-0.2, -0.15) is 0 Å². The molecular formula is C19H29N3O3. The van der Waals surface area contributed by atoms with E-state index in [1.165, 1.54) is 0 Å². The monoisotopic (exact) mass is 347 g/mol. The summed E-state index contributed by atoms with van der Waals surface area (Å²) in [4.78, 5) is 26.8. The molecule has 1 heterocycles. The highest BCUT2D eigenvalue weighted by molar-refractivity contribution is 5.97. The second-order valence-electron chi connectivity index (χ2n) is 6.43. The minimum absolute atomic E-state index is 0.106. The molecule has 2 amide bonds. The summed E-state index contributed by atoms with van der Waals surface area (Å²) < 4.78 is 5.73. The average molecular weight is 347 g/mol. The van der Waals surface area contributed by atoms with E-state index in [2.05, 4.69) is 29.4 Å². The van der Waals surface area contributed by atoms with Crippen molar-refractivity contribution in [2.75, 3.05) is 38.1 Å². The fourth-order valence-corrected chi connectivity index (χ4v) is 2.87. The molecule has 0 aromatic heterocycles. The topological polar surface area (TPSA) is 70.7 Å². The zero-order valence-corrected chi connectivity index (χ0v) is 15.4. The summed E-state index contributed by atoms with van der Waals surface area (Å²) in [6.45, 7) is 10.1. The lowest BCUT2D eigenvalue weighted by molar-refractivity contribution is -0.128. The van der Waals surface area contributed by atoms with Crippen LogP contribution in [0, 0.1) is 12.8 Å².